The third-order valence-electron chi connectivity index (χ3n) is 4.63. The monoisotopic (exact) mass is 344 g/mol. The first-order chi connectivity index (χ1) is 12.2. The number of piperazine rings is 1. The lowest BCUT2D eigenvalue weighted by Crippen LogP contribution is -2.49. The maximum absolute atomic E-state index is 10.4. The Balaban J connectivity index is 1.35. The highest BCUT2D eigenvalue weighted by Gasteiger charge is 2.20. The van der Waals surface area contributed by atoms with Crippen molar-refractivity contribution in [3.63, 3.8) is 0 Å². The van der Waals surface area contributed by atoms with Gasteiger partial charge in [-0.05, 0) is 12.6 Å². The van der Waals surface area contributed by atoms with E-state index in [2.05, 4.69) is 51.2 Å². The number of aromatic nitrogens is 1. The van der Waals surface area contributed by atoms with Crippen LogP contribution in [0.4, 0.5) is 0 Å². The fourth-order valence-corrected chi connectivity index (χ4v) is 3.35. The van der Waals surface area contributed by atoms with Crippen LogP contribution in [0.25, 0.3) is 0 Å². The summed E-state index contributed by atoms with van der Waals surface area (Å²) < 4.78 is 4.88. The van der Waals surface area contributed by atoms with Gasteiger partial charge >= 0.3 is 0 Å². The van der Waals surface area contributed by atoms with Crippen LogP contribution in [0.3, 0.4) is 0 Å². The van der Waals surface area contributed by atoms with Gasteiger partial charge in [0, 0.05) is 58.4 Å². The van der Waals surface area contributed by atoms with Gasteiger partial charge in [0.1, 0.15) is 6.26 Å². The third-order valence-corrected chi connectivity index (χ3v) is 4.63. The molecule has 1 aliphatic rings. The van der Waals surface area contributed by atoms with Crippen molar-refractivity contribution in [2.24, 2.45) is 0 Å². The molecule has 2 heterocycles. The molecule has 1 aromatic carbocycles. The van der Waals surface area contributed by atoms with E-state index in [1.54, 1.807) is 6.26 Å². The van der Waals surface area contributed by atoms with Crippen molar-refractivity contribution in [1.29, 1.82) is 0 Å². The maximum Gasteiger partial charge on any atom is 0.124 e. The average Bonchev–Trinajstić information content (AvgIpc) is 3.10. The Morgan fingerprint density at radius 2 is 1.84 bits per heavy atom. The van der Waals surface area contributed by atoms with Crippen LogP contribution in [0.1, 0.15) is 11.3 Å². The van der Waals surface area contributed by atoms with Crippen LogP contribution >= 0.6 is 0 Å². The van der Waals surface area contributed by atoms with Crippen molar-refractivity contribution in [2.75, 3.05) is 46.3 Å². The van der Waals surface area contributed by atoms with Crippen LogP contribution in [-0.4, -0.2) is 77.4 Å². The minimum Gasteiger partial charge on any atom is -0.390 e. The molecule has 6 heteroatoms. The molecule has 3 rings (SSSR count). The molecule has 1 saturated heterocycles. The molecule has 2 aromatic rings. The Bertz CT molecular complexity index is 597. The molecule has 1 unspecified atom stereocenters. The minimum atomic E-state index is -0.323. The van der Waals surface area contributed by atoms with Gasteiger partial charge in [0.25, 0.3) is 0 Å². The summed E-state index contributed by atoms with van der Waals surface area (Å²) in [5, 5.41) is 14.4. The van der Waals surface area contributed by atoms with Crippen molar-refractivity contribution in [3.8, 4) is 0 Å². The lowest BCUT2D eigenvalue weighted by Gasteiger charge is -2.35. The van der Waals surface area contributed by atoms with Crippen LogP contribution in [0.15, 0.2) is 47.2 Å². The molecule has 1 aromatic heterocycles. The van der Waals surface area contributed by atoms with Gasteiger partial charge in [0.15, 0.2) is 0 Å². The summed E-state index contributed by atoms with van der Waals surface area (Å²) in [7, 11) is 2.06. The molecule has 0 spiro atoms. The highest BCUT2D eigenvalue weighted by molar-refractivity contribution is 5.14. The molecule has 6 nitrogen and oxygen atoms in total. The molecule has 1 atom stereocenters. The summed E-state index contributed by atoms with van der Waals surface area (Å²) in [4.78, 5) is 6.91. The topological polar surface area (TPSA) is 56.0 Å². The van der Waals surface area contributed by atoms with Gasteiger partial charge in [-0.15, -0.1) is 0 Å². The van der Waals surface area contributed by atoms with Gasteiger partial charge in [-0.1, -0.05) is 35.5 Å². The van der Waals surface area contributed by atoms with Gasteiger partial charge in [-0.25, -0.2) is 0 Å². The molecule has 1 aliphatic heterocycles. The van der Waals surface area contributed by atoms with Crippen LogP contribution in [0.5, 0.6) is 0 Å². The first-order valence-electron chi connectivity index (χ1n) is 8.93. The SMILES string of the molecule is CN(Cc1ccccc1)CC(O)CN1CCN(Cc2ccon2)CC1. The smallest absolute Gasteiger partial charge is 0.124 e. The molecule has 136 valence electrons. The minimum absolute atomic E-state index is 0.323. The number of β-amino-alcohol motifs (C(OH)–C–C–N with tert-alkyl or cyclic N) is 1. The van der Waals surface area contributed by atoms with Crippen LogP contribution in [0, 0.1) is 0 Å². The number of hydrogen-bond acceptors (Lipinski definition) is 6. The first kappa shape index (κ1) is 18.1. The van der Waals surface area contributed by atoms with Gasteiger partial charge < -0.3 is 9.63 Å². The summed E-state index contributed by atoms with van der Waals surface area (Å²) in [6.07, 6.45) is 1.30. The van der Waals surface area contributed by atoms with Gasteiger partial charge in [0.05, 0.1) is 11.8 Å². The normalized spacial score (nSPS) is 17.9. The molecule has 0 radical (unpaired) electrons. The van der Waals surface area contributed by atoms with Gasteiger partial charge in [0.2, 0.25) is 0 Å². The van der Waals surface area contributed by atoms with E-state index in [1.165, 1.54) is 5.56 Å². The van der Waals surface area contributed by atoms with E-state index in [4.69, 9.17) is 4.52 Å². The fourth-order valence-electron chi connectivity index (χ4n) is 3.35. The number of rotatable bonds is 8. The number of hydrogen-bond donors (Lipinski definition) is 1. The second-order valence-electron chi connectivity index (χ2n) is 6.90. The predicted octanol–water partition coefficient (Wildman–Crippen LogP) is 1.29. The quantitative estimate of drug-likeness (QED) is 0.779. The predicted molar refractivity (Wildman–Crippen MR) is 97.0 cm³/mol. The molecule has 0 bridgehead atoms. The molecule has 25 heavy (non-hydrogen) atoms. The van der Waals surface area contributed by atoms with E-state index in [0.717, 1.165) is 51.5 Å². The summed E-state index contributed by atoms with van der Waals surface area (Å²) >= 11 is 0. The zero-order chi connectivity index (χ0) is 17.5. The van der Waals surface area contributed by atoms with E-state index in [-0.39, 0.29) is 6.10 Å². The standard InChI is InChI=1S/C19H28N4O2/c1-21(13-17-5-3-2-4-6-17)15-19(24)16-23-10-8-22(9-11-23)14-18-7-12-25-20-18/h2-7,12,19,24H,8-11,13-16H2,1H3. The summed E-state index contributed by atoms with van der Waals surface area (Å²) in [6, 6.07) is 12.3. The Labute approximate surface area is 149 Å². The lowest BCUT2D eigenvalue weighted by atomic mass is 10.2. The fraction of sp³-hybridized carbons (Fsp3) is 0.526. The van der Waals surface area contributed by atoms with Gasteiger partial charge in [-0.2, -0.15) is 0 Å². The van der Waals surface area contributed by atoms with Crippen molar-refractivity contribution >= 4 is 0 Å². The van der Waals surface area contributed by atoms with E-state index in [1.807, 2.05) is 12.1 Å². The Morgan fingerprint density at radius 3 is 2.52 bits per heavy atom. The largest absolute Gasteiger partial charge is 0.390 e. The second kappa shape index (κ2) is 9.10. The van der Waals surface area contributed by atoms with Crippen molar-refractivity contribution in [1.82, 2.24) is 19.9 Å². The second-order valence-corrected chi connectivity index (χ2v) is 6.90. The van der Waals surface area contributed by atoms with Crippen LogP contribution in [-0.2, 0) is 13.1 Å². The van der Waals surface area contributed by atoms with E-state index in [0.29, 0.717) is 6.54 Å². The molecule has 1 N–H and O–H groups in total. The van der Waals surface area contributed by atoms with E-state index in [9.17, 15) is 5.11 Å². The lowest BCUT2D eigenvalue weighted by molar-refractivity contribution is 0.0520. The highest BCUT2D eigenvalue weighted by atomic mass is 16.5. The van der Waals surface area contributed by atoms with Gasteiger partial charge in [-0.3, -0.25) is 14.7 Å². The highest BCUT2D eigenvalue weighted by Crippen LogP contribution is 2.08. The summed E-state index contributed by atoms with van der Waals surface area (Å²) in [5.74, 6) is 0. The maximum atomic E-state index is 10.4. The van der Waals surface area contributed by atoms with Crippen molar-refractivity contribution in [3.05, 3.63) is 53.9 Å². The van der Waals surface area contributed by atoms with Crippen LogP contribution < -0.4 is 0 Å². The Hall–Kier alpha value is -1.73. The molecular weight excluding hydrogens is 316 g/mol. The number of nitrogens with zero attached hydrogens (tertiary/aromatic N) is 4. The molecule has 0 aliphatic carbocycles. The number of benzene rings is 1. The van der Waals surface area contributed by atoms with Crippen molar-refractivity contribution in [2.45, 2.75) is 19.2 Å². The number of likely N-dealkylation sites (N-methyl/N-ethyl adjacent to an activating group) is 1. The Morgan fingerprint density at radius 1 is 1.12 bits per heavy atom. The summed E-state index contributed by atoms with van der Waals surface area (Å²) in [6.45, 7) is 7.09. The number of aliphatic hydroxyl groups excluding tert-OH is 1. The molecule has 0 amide bonds. The van der Waals surface area contributed by atoms with Crippen molar-refractivity contribution < 1.29 is 9.63 Å². The molecule has 0 saturated carbocycles. The zero-order valence-corrected chi connectivity index (χ0v) is 14.9. The first-order valence-corrected chi connectivity index (χ1v) is 8.93. The molecular formula is C19H28N4O2. The number of aliphatic hydroxyl groups is 1. The van der Waals surface area contributed by atoms with Crippen LogP contribution in [0.2, 0.25) is 0 Å². The van der Waals surface area contributed by atoms with E-state index < -0.39 is 0 Å². The summed E-state index contributed by atoms with van der Waals surface area (Å²) in [5.41, 5.74) is 2.26. The molecule has 1 fully saturated rings. The Kier molecular flexibility index (Phi) is 6.58. The zero-order valence-electron chi connectivity index (χ0n) is 14.9. The average molecular weight is 344 g/mol. The third kappa shape index (κ3) is 5.93. The van der Waals surface area contributed by atoms with E-state index >= 15 is 0 Å².